The standard InChI is InChI=1S/C23H19NO3/c1-3-27-23(26)21-18-13-9-5-8-12-17(18)19-14-20(16-10-6-4-7-11-16)24(15(2)25)22(19)21/h4-14H,3H2,1-2H3. The summed E-state index contributed by atoms with van der Waals surface area (Å²) in [6, 6.07) is 21.3. The molecule has 0 saturated heterocycles. The summed E-state index contributed by atoms with van der Waals surface area (Å²) in [6.45, 7) is 3.57. The Kier molecular flexibility index (Phi) is 4.24. The maximum atomic E-state index is 12.8. The van der Waals surface area contributed by atoms with E-state index >= 15 is 0 Å². The van der Waals surface area contributed by atoms with Crippen LogP contribution in [0.25, 0.3) is 33.3 Å². The lowest BCUT2D eigenvalue weighted by Gasteiger charge is -2.09. The molecule has 0 fully saturated rings. The molecule has 2 aromatic rings. The van der Waals surface area contributed by atoms with E-state index < -0.39 is 5.97 Å². The third-order valence-electron chi connectivity index (χ3n) is 4.70. The number of nitrogens with zero attached hydrogens (tertiary/aromatic N) is 1. The fraction of sp³-hybridized carbons (Fsp3) is 0.130. The number of hydrogen-bond donors (Lipinski definition) is 0. The van der Waals surface area contributed by atoms with E-state index in [0.717, 1.165) is 27.8 Å². The zero-order valence-electron chi connectivity index (χ0n) is 15.2. The molecule has 0 N–H and O–H groups in total. The van der Waals surface area contributed by atoms with Gasteiger partial charge in [-0.15, -0.1) is 0 Å². The van der Waals surface area contributed by atoms with E-state index in [4.69, 9.17) is 4.74 Å². The molecular formula is C23H19NO3. The molecule has 0 saturated carbocycles. The smallest absolute Gasteiger partial charge is 0.340 e. The van der Waals surface area contributed by atoms with Crippen LogP contribution >= 0.6 is 0 Å². The maximum absolute atomic E-state index is 12.8. The summed E-state index contributed by atoms with van der Waals surface area (Å²) >= 11 is 0. The van der Waals surface area contributed by atoms with Gasteiger partial charge in [-0.05, 0) is 29.7 Å². The molecule has 0 bridgehead atoms. The Balaban J connectivity index is 2.16. The number of ether oxygens (including phenoxy) is 1. The number of fused-ring (bicyclic) bond motifs is 3. The minimum absolute atomic E-state index is 0.144. The molecular weight excluding hydrogens is 338 g/mol. The third kappa shape index (κ3) is 2.70. The van der Waals surface area contributed by atoms with Gasteiger partial charge in [-0.3, -0.25) is 9.36 Å². The van der Waals surface area contributed by atoms with Gasteiger partial charge in [0.05, 0.1) is 23.4 Å². The molecule has 1 heterocycles. The number of benzene rings is 1. The van der Waals surface area contributed by atoms with Crippen LogP contribution < -0.4 is 0 Å². The molecule has 4 rings (SSSR count). The van der Waals surface area contributed by atoms with Crippen molar-refractivity contribution in [2.75, 3.05) is 6.61 Å². The molecule has 4 nitrogen and oxygen atoms in total. The highest BCUT2D eigenvalue weighted by atomic mass is 16.5. The number of carbonyl (C=O) groups is 2. The Morgan fingerprint density at radius 1 is 0.926 bits per heavy atom. The van der Waals surface area contributed by atoms with Crippen LogP contribution in [0.5, 0.6) is 0 Å². The Bertz CT molecular complexity index is 1130. The molecule has 1 aromatic carbocycles. The van der Waals surface area contributed by atoms with Crippen LogP contribution in [-0.2, 0) is 4.74 Å². The summed E-state index contributed by atoms with van der Waals surface area (Å²) in [6.07, 6.45) is 0. The van der Waals surface area contributed by atoms with Gasteiger partial charge in [0.25, 0.3) is 0 Å². The lowest BCUT2D eigenvalue weighted by molar-refractivity contribution is 0.0529. The summed E-state index contributed by atoms with van der Waals surface area (Å²) in [5.74, 6) is -0.557. The van der Waals surface area contributed by atoms with E-state index in [0.29, 0.717) is 11.1 Å². The van der Waals surface area contributed by atoms with Gasteiger partial charge < -0.3 is 4.74 Å². The van der Waals surface area contributed by atoms with Crippen molar-refractivity contribution in [1.82, 2.24) is 4.57 Å². The summed E-state index contributed by atoms with van der Waals surface area (Å²) in [7, 11) is 0. The van der Waals surface area contributed by atoms with Crippen molar-refractivity contribution in [3.8, 4) is 22.4 Å². The van der Waals surface area contributed by atoms with E-state index in [9.17, 15) is 9.59 Å². The highest BCUT2D eigenvalue weighted by Gasteiger charge is 2.29. The zero-order chi connectivity index (χ0) is 19.0. The second-order valence-electron chi connectivity index (χ2n) is 6.35. The summed E-state index contributed by atoms with van der Waals surface area (Å²) in [5, 5.41) is 0.873. The third-order valence-corrected chi connectivity index (χ3v) is 4.70. The van der Waals surface area contributed by atoms with Gasteiger partial charge in [-0.25, -0.2) is 4.79 Å². The van der Waals surface area contributed by atoms with Gasteiger partial charge in [0.15, 0.2) is 0 Å². The molecule has 4 heteroatoms. The summed E-state index contributed by atoms with van der Waals surface area (Å²) < 4.78 is 6.94. The van der Waals surface area contributed by atoms with Crippen LogP contribution in [0, 0.1) is 0 Å². The fourth-order valence-electron chi connectivity index (χ4n) is 3.65. The first kappa shape index (κ1) is 17.0. The minimum atomic E-state index is -0.413. The Morgan fingerprint density at radius 2 is 1.56 bits per heavy atom. The van der Waals surface area contributed by atoms with Crippen LogP contribution in [-0.4, -0.2) is 23.1 Å². The Hall–Kier alpha value is -3.40. The first-order valence-electron chi connectivity index (χ1n) is 8.93. The quantitative estimate of drug-likeness (QED) is 0.471. The number of carbonyl (C=O) groups excluding carboxylic acids is 2. The topological polar surface area (TPSA) is 48.3 Å². The van der Waals surface area contributed by atoms with E-state index in [1.165, 1.54) is 6.92 Å². The number of aromatic nitrogens is 1. The van der Waals surface area contributed by atoms with Crippen LogP contribution in [0.2, 0.25) is 0 Å². The predicted molar refractivity (Wildman–Crippen MR) is 106 cm³/mol. The second-order valence-corrected chi connectivity index (χ2v) is 6.35. The lowest BCUT2D eigenvalue weighted by Crippen LogP contribution is -2.11. The molecule has 0 atom stereocenters. The molecule has 0 aliphatic heterocycles. The Labute approximate surface area is 157 Å². The Morgan fingerprint density at radius 3 is 2.19 bits per heavy atom. The van der Waals surface area contributed by atoms with Crippen LogP contribution in [0.3, 0.4) is 0 Å². The number of esters is 1. The maximum Gasteiger partial charge on any atom is 0.340 e. The lowest BCUT2D eigenvalue weighted by atomic mass is 10.1. The van der Waals surface area contributed by atoms with Crippen LogP contribution in [0.1, 0.15) is 29.0 Å². The molecule has 27 heavy (non-hydrogen) atoms. The van der Waals surface area contributed by atoms with Gasteiger partial charge in [-0.2, -0.15) is 0 Å². The first-order chi connectivity index (χ1) is 13.1. The highest BCUT2D eigenvalue weighted by Crippen LogP contribution is 2.42. The van der Waals surface area contributed by atoms with Crippen molar-refractivity contribution in [3.63, 3.8) is 0 Å². The van der Waals surface area contributed by atoms with Crippen LogP contribution in [0.15, 0.2) is 66.7 Å². The SMILES string of the molecule is CCOC(=O)c1c2cccccc-2c2cc(-c3ccccc3)n(C(C)=O)c12. The number of rotatable bonds is 3. The first-order valence-corrected chi connectivity index (χ1v) is 8.93. The van der Waals surface area contributed by atoms with E-state index in [1.54, 1.807) is 11.5 Å². The van der Waals surface area contributed by atoms with Gasteiger partial charge in [-0.1, -0.05) is 60.7 Å². The molecule has 0 amide bonds. The molecule has 0 unspecified atom stereocenters. The molecule has 134 valence electrons. The largest absolute Gasteiger partial charge is 0.462 e. The zero-order valence-corrected chi connectivity index (χ0v) is 15.2. The fourth-order valence-corrected chi connectivity index (χ4v) is 3.65. The second kappa shape index (κ2) is 6.72. The van der Waals surface area contributed by atoms with Crippen molar-refractivity contribution >= 4 is 22.8 Å². The molecule has 2 aliphatic rings. The summed E-state index contributed by atoms with van der Waals surface area (Å²) in [4.78, 5) is 25.4. The highest BCUT2D eigenvalue weighted by molar-refractivity contribution is 6.20. The molecule has 2 aliphatic carbocycles. The monoisotopic (exact) mass is 357 g/mol. The molecule has 1 aromatic heterocycles. The van der Waals surface area contributed by atoms with Gasteiger partial charge in [0, 0.05) is 12.3 Å². The van der Waals surface area contributed by atoms with Crippen molar-refractivity contribution in [2.45, 2.75) is 13.8 Å². The van der Waals surface area contributed by atoms with Crippen LogP contribution in [0.4, 0.5) is 0 Å². The van der Waals surface area contributed by atoms with Gasteiger partial charge in [0.1, 0.15) is 0 Å². The van der Waals surface area contributed by atoms with Gasteiger partial charge >= 0.3 is 5.97 Å². The molecule has 0 radical (unpaired) electrons. The average molecular weight is 357 g/mol. The van der Waals surface area contributed by atoms with Crippen molar-refractivity contribution in [2.24, 2.45) is 0 Å². The molecule has 0 spiro atoms. The average Bonchev–Trinajstić information content (AvgIpc) is 3.07. The van der Waals surface area contributed by atoms with Crippen molar-refractivity contribution in [1.29, 1.82) is 0 Å². The van der Waals surface area contributed by atoms with Crippen molar-refractivity contribution < 1.29 is 14.3 Å². The predicted octanol–water partition coefficient (Wildman–Crippen LogP) is 5.25. The van der Waals surface area contributed by atoms with Gasteiger partial charge in [0.2, 0.25) is 5.91 Å². The normalized spacial score (nSPS) is 11.0. The van der Waals surface area contributed by atoms with E-state index in [2.05, 4.69) is 0 Å². The van der Waals surface area contributed by atoms with E-state index in [-0.39, 0.29) is 12.5 Å². The summed E-state index contributed by atoms with van der Waals surface area (Å²) in [5.41, 5.74) is 4.46. The number of hydrogen-bond acceptors (Lipinski definition) is 3. The van der Waals surface area contributed by atoms with E-state index in [1.807, 2.05) is 66.7 Å². The van der Waals surface area contributed by atoms with Crippen molar-refractivity contribution in [3.05, 3.63) is 72.3 Å². The minimum Gasteiger partial charge on any atom is -0.462 e.